The standard InChI is InChI=1S/C25H25N5O2/c31-24(20-12-14-29(15-20)23-7-4-13-26-28-23)27-22-10-8-18(9-11-22)21-16-30(17-21)25(32)19-5-2-1-3-6-19/h1-11,13,20-21H,12,14-17H2,(H,27,31)/t20-/m0/s1. The van der Waals surface area contributed by atoms with Crippen LogP contribution in [-0.4, -0.2) is 53.1 Å². The summed E-state index contributed by atoms with van der Waals surface area (Å²) in [5, 5.41) is 11.1. The Balaban J connectivity index is 1.12. The molecule has 162 valence electrons. The molecule has 2 aliphatic heterocycles. The Morgan fingerprint density at radius 2 is 1.69 bits per heavy atom. The van der Waals surface area contributed by atoms with Gasteiger partial charge in [-0.15, -0.1) is 5.10 Å². The largest absolute Gasteiger partial charge is 0.354 e. The molecular weight excluding hydrogens is 402 g/mol. The van der Waals surface area contributed by atoms with E-state index in [2.05, 4.69) is 20.4 Å². The molecule has 0 saturated carbocycles. The fourth-order valence-corrected chi connectivity index (χ4v) is 4.35. The molecule has 2 aromatic carbocycles. The van der Waals surface area contributed by atoms with Gasteiger partial charge in [0.05, 0.1) is 5.92 Å². The van der Waals surface area contributed by atoms with E-state index in [0.29, 0.717) is 12.5 Å². The zero-order valence-corrected chi connectivity index (χ0v) is 17.7. The number of carbonyl (C=O) groups is 2. The van der Waals surface area contributed by atoms with Crippen molar-refractivity contribution in [2.75, 3.05) is 36.4 Å². The van der Waals surface area contributed by atoms with Crippen molar-refractivity contribution in [1.82, 2.24) is 15.1 Å². The summed E-state index contributed by atoms with van der Waals surface area (Å²) in [6, 6.07) is 21.2. The number of aromatic nitrogens is 2. The first-order valence-corrected chi connectivity index (χ1v) is 10.9. The van der Waals surface area contributed by atoms with Crippen molar-refractivity contribution >= 4 is 23.3 Å². The van der Waals surface area contributed by atoms with Crippen LogP contribution in [0.25, 0.3) is 0 Å². The van der Waals surface area contributed by atoms with E-state index in [4.69, 9.17) is 0 Å². The Kier molecular flexibility index (Phi) is 5.54. The van der Waals surface area contributed by atoms with Gasteiger partial charge in [-0.3, -0.25) is 9.59 Å². The second-order valence-corrected chi connectivity index (χ2v) is 8.40. The van der Waals surface area contributed by atoms with Crippen molar-refractivity contribution in [3.05, 3.63) is 84.1 Å². The molecule has 0 spiro atoms. The summed E-state index contributed by atoms with van der Waals surface area (Å²) in [5.74, 6) is 1.20. The second-order valence-electron chi connectivity index (χ2n) is 8.40. The van der Waals surface area contributed by atoms with Gasteiger partial charge < -0.3 is 15.1 Å². The average molecular weight is 428 g/mol. The van der Waals surface area contributed by atoms with Crippen LogP contribution in [0.3, 0.4) is 0 Å². The van der Waals surface area contributed by atoms with Gasteiger partial charge in [-0.05, 0) is 48.4 Å². The minimum Gasteiger partial charge on any atom is -0.354 e. The normalized spacial score (nSPS) is 18.3. The van der Waals surface area contributed by atoms with Crippen LogP contribution in [0.4, 0.5) is 11.5 Å². The highest BCUT2D eigenvalue weighted by atomic mass is 16.2. The van der Waals surface area contributed by atoms with Crippen molar-refractivity contribution < 1.29 is 9.59 Å². The Morgan fingerprint density at radius 3 is 2.41 bits per heavy atom. The third kappa shape index (κ3) is 4.19. The first-order valence-electron chi connectivity index (χ1n) is 10.9. The van der Waals surface area contributed by atoms with E-state index in [-0.39, 0.29) is 17.7 Å². The van der Waals surface area contributed by atoms with Crippen LogP contribution in [0.5, 0.6) is 0 Å². The summed E-state index contributed by atoms with van der Waals surface area (Å²) < 4.78 is 0. The highest BCUT2D eigenvalue weighted by Crippen LogP contribution is 2.29. The molecule has 1 aromatic heterocycles. The van der Waals surface area contributed by atoms with Crippen molar-refractivity contribution in [3.63, 3.8) is 0 Å². The van der Waals surface area contributed by atoms with Crippen molar-refractivity contribution in [1.29, 1.82) is 0 Å². The molecule has 2 amide bonds. The molecule has 32 heavy (non-hydrogen) atoms. The molecule has 7 heteroatoms. The summed E-state index contributed by atoms with van der Waals surface area (Å²) in [4.78, 5) is 29.2. The highest BCUT2D eigenvalue weighted by molar-refractivity contribution is 5.95. The van der Waals surface area contributed by atoms with Crippen LogP contribution < -0.4 is 10.2 Å². The smallest absolute Gasteiger partial charge is 0.253 e. The Morgan fingerprint density at radius 1 is 0.906 bits per heavy atom. The van der Waals surface area contributed by atoms with Gasteiger partial charge in [0.15, 0.2) is 5.82 Å². The fraction of sp³-hybridized carbons (Fsp3) is 0.280. The minimum atomic E-state index is -0.0686. The van der Waals surface area contributed by atoms with E-state index in [9.17, 15) is 9.59 Å². The van der Waals surface area contributed by atoms with Crippen LogP contribution in [0.2, 0.25) is 0 Å². The monoisotopic (exact) mass is 427 g/mol. The number of amides is 2. The summed E-state index contributed by atoms with van der Waals surface area (Å²) in [7, 11) is 0. The van der Waals surface area contributed by atoms with E-state index in [1.807, 2.05) is 71.6 Å². The van der Waals surface area contributed by atoms with Crippen molar-refractivity contribution in [3.8, 4) is 0 Å². The predicted octanol–water partition coefficient (Wildman–Crippen LogP) is 3.18. The topological polar surface area (TPSA) is 78.4 Å². The highest BCUT2D eigenvalue weighted by Gasteiger charge is 2.32. The SMILES string of the molecule is O=C(Nc1ccc(C2CN(C(=O)c3ccccc3)C2)cc1)[C@H]1CCN(c2cccnn2)C1. The van der Waals surface area contributed by atoms with E-state index in [1.165, 1.54) is 5.56 Å². The first-order chi connectivity index (χ1) is 15.7. The predicted molar refractivity (Wildman–Crippen MR) is 123 cm³/mol. The maximum atomic E-state index is 12.7. The van der Waals surface area contributed by atoms with E-state index >= 15 is 0 Å². The second kappa shape index (κ2) is 8.78. The van der Waals surface area contributed by atoms with Crippen LogP contribution >= 0.6 is 0 Å². The number of hydrogen-bond acceptors (Lipinski definition) is 5. The average Bonchev–Trinajstić information content (AvgIpc) is 3.31. The Hall–Kier alpha value is -3.74. The number of anilines is 2. The van der Waals surface area contributed by atoms with Crippen LogP contribution in [0.1, 0.15) is 28.3 Å². The third-order valence-electron chi connectivity index (χ3n) is 6.28. The van der Waals surface area contributed by atoms with Gasteiger partial charge in [-0.25, -0.2) is 0 Å². The zero-order valence-electron chi connectivity index (χ0n) is 17.7. The summed E-state index contributed by atoms with van der Waals surface area (Å²) in [6.45, 7) is 2.89. The van der Waals surface area contributed by atoms with Crippen LogP contribution in [0, 0.1) is 5.92 Å². The zero-order chi connectivity index (χ0) is 21.9. The third-order valence-corrected chi connectivity index (χ3v) is 6.28. The van der Waals surface area contributed by atoms with Gasteiger partial charge in [-0.2, -0.15) is 5.10 Å². The summed E-state index contributed by atoms with van der Waals surface area (Å²) >= 11 is 0. The maximum absolute atomic E-state index is 12.7. The minimum absolute atomic E-state index is 0.0346. The first kappa shape index (κ1) is 20.2. The molecular formula is C25H25N5O2. The van der Waals surface area contributed by atoms with E-state index in [1.54, 1.807) is 6.20 Å². The van der Waals surface area contributed by atoms with Crippen LogP contribution in [0.15, 0.2) is 72.9 Å². The molecule has 3 heterocycles. The van der Waals surface area contributed by atoms with Gasteiger partial charge in [0.25, 0.3) is 5.91 Å². The number of likely N-dealkylation sites (tertiary alicyclic amines) is 1. The molecule has 1 atom stereocenters. The number of benzene rings is 2. The fourth-order valence-electron chi connectivity index (χ4n) is 4.35. The molecule has 2 saturated heterocycles. The number of rotatable bonds is 5. The maximum Gasteiger partial charge on any atom is 0.253 e. The van der Waals surface area contributed by atoms with Crippen molar-refractivity contribution in [2.24, 2.45) is 5.92 Å². The molecule has 5 rings (SSSR count). The molecule has 0 aliphatic carbocycles. The van der Waals surface area contributed by atoms with Crippen LogP contribution in [-0.2, 0) is 4.79 Å². The van der Waals surface area contributed by atoms with Gasteiger partial charge in [0, 0.05) is 49.5 Å². The van der Waals surface area contributed by atoms with Crippen molar-refractivity contribution in [2.45, 2.75) is 12.3 Å². The lowest BCUT2D eigenvalue weighted by atomic mass is 9.90. The molecule has 2 fully saturated rings. The van der Waals surface area contributed by atoms with E-state index in [0.717, 1.165) is 43.1 Å². The van der Waals surface area contributed by atoms with Gasteiger partial charge in [0.2, 0.25) is 5.91 Å². The van der Waals surface area contributed by atoms with Gasteiger partial charge >= 0.3 is 0 Å². The lowest BCUT2D eigenvalue weighted by molar-refractivity contribution is -0.119. The number of nitrogens with one attached hydrogen (secondary N) is 1. The number of nitrogens with zero attached hydrogens (tertiary/aromatic N) is 4. The molecule has 7 nitrogen and oxygen atoms in total. The van der Waals surface area contributed by atoms with Gasteiger partial charge in [-0.1, -0.05) is 30.3 Å². The molecule has 3 aromatic rings. The quantitative estimate of drug-likeness (QED) is 0.677. The van der Waals surface area contributed by atoms with Gasteiger partial charge in [0.1, 0.15) is 0 Å². The molecule has 0 bridgehead atoms. The Labute approximate surface area is 187 Å². The molecule has 2 aliphatic rings. The summed E-state index contributed by atoms with van der Waals surface area (Å²) in [5.41, 5.74) is 2.72. The molecule has 0 radical (unpaired) electrons. The molecule has 0 unspecified atom stereocenters. The van der Waals surface area contributed by atoms with E-state index < -0.39 is 0 Å². The Bertz CT molecular complexity index is 1080. The lowest BCUT2D eigenvalue weighted by Crippen LogP contribution is -2.48. The summed E-state index contributed by atoms with van der Waals surface area (Å²) in [6.07, 6.45) is 2.45. The lowest BCUT2D eigenvalue weighted by Gasteiger charge is -2.39. The number of hydrogen-bond donors (Lipinski definition) is 1. The number of carbonyl (C=O) groups excluding carboxylic acids is 2. The molecule has 1 N–H and O–H groups in total.